The maximum Gasteiger partial charge on any atom is 0.329 e. The first-order chi connectivity index (χ1) is 18.7. The number of rotatable bonds is 6. The van der Waals surface area contributed by atoms with E-state index in [-0.39, 0.29) is 23.9 Å². The Morgan fingerprint density at radius 2 is 1.61 bits per heavy atom. The normalized spacial score (nSPS) is 21.5. The van der Waals surface area contributed by atoms with E-state index in [1.165, 1.54) is 11.1 Å². The van der Waals surface area contributed by atoms with Crippen molar-refractivity contribution in [2.75, 3.05) is 18.0 Å². The average Bonchev–Trinajstić information content (AvgIpc) is 3.27. The summed E-state index contributed by atoms with van der Waals surface area (Å²) in [5.74, 6) is 0.146. The van der Waals surface area contributed by atoms with E-state index < -0.39 is 6.04 Å². The number of para-hydroxylation sites is 1. The zero-order valence-corrected chi connectivity index (χ0v) is 21.9. The van der Waals surface area contributed by atoms with Crippen molar-refractivity contribution < 1.29 is 14.3 Å². The number of carbonyl (C=O) groups is 2. The number of anilines is 1. The van der Waals surface area contributed by atoms with Crippen molar-refractivity contribution in [1.82, 2.24) is 5.32 Å². The Morgan fingerprint density at radius 1 is 0.895 bits per heavy atom. The number of piperidine rings is 1. The van der Waals surface area contributed by atoms with Crippen molar-refractivity contribution >= 4 is 17.6 Å². The molecule has 2 aliphatic heterocycles. The molecule has 6 rings (SSSR count). The molecule has 196 valence electrons. The lowest BCUT2D eigenvalue weighted by Crippen LogP contribution is -2.49. The van der Waals surface area contributed by atoms with E-state index in [9.17, 15) is 9.59 Å². The molecule has 1 spiro atoms. The van der Waals surface area contributed by atoms with Crippen LogP contribution in [0.1, 0.15) is 54.4 Å². The smallest absolute Gasteiger partial charge is 0.329 e. The molecule has 1 unspecified atom stereocenters. The Bertz CT molecular complexity index is 1300. The Balaban J connectivity index is 1.20. The summed E-state index contributed by atoms with van der Waals surface area (Å²) in [6.45, 7) is 2.26. The third kappa shape index (κ3) is 4.64. The predicted molar refractivity (Wildman–Crippen MR) is 149 cm³/mol. The topological polar surface area (TPSA) is 58.6 Å². The van der Waals surface area contributed by atoms with Crippen molar-refractivity contribution in [1.29, 1.82) is 0 Å². The molecule has 1 saturated heterocycles. The van der Waals surface area contributed by atoms with Crippen LogP contribution in [0.5, 0.6) is 0 Å². The van der Waals surface area contributed by atoms with Crippen molar-refractivity contribution in [3.8, 4) is 0 Å². The molecule has 0 radical (unpaired) electrons. The van der Waals surface area contributed by atoms with Crippen LogP contribution in [0.3, 0.4) is 0 Å². The van der Waals surface area contributed by atoms with Crippen molar-refractivity contribution in [2.45, 2.75) is 63.0 Å². The summed E-state index contributed by atoms with van der Waals surface area (Å²) in [7, 11) is 0. The standard InChI is InChI=1S/C33H36N2O3/c36-31(17-15-27-22-26-11-4-6-12-28(26)33(27)18-20-34-21-19-33)35-29-13-7-5-10-25(29)14-16-30(35)32(37)38-23-24-8-2-1-3-9-24/h1-13,27,30,34H,14-23H2/t27?,30-/m1/s1. The van der Waals surface area contributed by atoms with Gasteiger partial charge >= 0.3 is 5.97 Å². The number of nitrogens with zero attached hydrogens (tertiary/aromatic N) is 1. The molecule has 3 aromatic carbocycles. The van der Waals surface area contributed by atoms with Crippen LogP contribution < -0.4 is 10.2 Å². The highest BCUT2D eigenvalue weighted by molar-refractivity contribution is 6.00. The minimum atomic E-state index is -0.588. The number of benzene rings is 3. The summed E-state index contributed by atoms with van der Waals surface area (Å²) in [5, 5.41) is 3.53. The van der Waals surface area contributed by atoms with E-state index in [1.807, 2.05) is 48.5 Å². The molecule has 5 nitrogen and oxygen atoms in total. The molecule has 1 amide bonds. The molecule has 3 aromatic rings. The van der Waals surface area contributed by atoms with Gasteiger partial charge in [-0.05, 0) is 85.9 Å². The third-order valence-corrected chi connectivity index (χ3v) is 9.02. The Hall–Kier alpha value is -3.44. The highest BCUT2D eigenvalue weighted by Gasteiger charge is 2.47. The van der Waals surface area contributed by atoms with Crippen LogP contribution in [0.4, 0.5) is 5.69 Å². The lowest BCUT2D eigenvalue weighted by atomic mass is 9.67. The molecule has 2 heterocycles. The molecule has 0 bridgehead atoms. The van der Waals surface area contributed by atoms with Gasteiger partial charge in [0.1, 0.15) is 12.6 Å². The van der Waals surface area contributed by atoms with Crippen LogP contribution in [0.25, 0.3) is 0 Å². The number of hydrogen-bond acceptors (Lipinski definition) is 4. The molecular formula is C33H36N2O3. The van der Waals surface area contributed by atoms with Gasteiger partial charge in [0.2, 0.25) is 5.91 Å². The molecule has 0 saturated carbocycles. The van der Waals surface area contributed by atoms with Crippen LogP contribution >= 0.6 is 0 Å². The molecule has 1 fully saturated rings. The molecular weight excluding hydrogens is 472 g/mol. The first-order valence-electron chi connectivity index (χ1n) is 14.1. The lowest BCUT2D eigenvalue weighted by Gasteiger charge is -2.41. The van der Waals surface area contributed by atoms with Crippen LogP contribution in [0.2, 0.25) is 0 Å². The molecule has 3 aliphatic rings. The Kier molecular flexibility index (Phi) is 7.03. The third-order valence-electron chi connectivity index (χ3n) is 9.02. The van der Waals surface area contributed by atoms with Gasteiger partial charge in [-0.1, -0.05) is 72.8 Å². The second-order valence-corrected chi connectivity index (χ2v) is 11.0. The van der Waals surface area contributed by atoms with Gasteiger partial charge in [-0.2, -0.15) is 0 Å². The summed E-state index contributed by atoms with van der Waals surface area (Å²) < 4.78 is 5.73. The second kappa shape index (κ2) is 10.7. The first kappa shape index (κ1) is 24.9. The second-order valence-electron chi connectivity index (χ2n) is 11.0. The average molecular weight is 509 g/mol. The monoisotopic (exact) mass is 508 g/mol. The number of carbonyl (C=O) groups excluding carboxylic acids is 2. The van der Waals surface area contributed by atoms with Crippen LogP contribution in [0.15, 0.2) is 78.9 Å². The van der Waals surface area contributed by atoms with Gasteiger partial charge in [0.15, 0.2) is 0 Å². The maximum atomic E-state index is 14.0. The minimum absolute atomic E-state index is 0.0267. The highest BCUT2D eigenvalue weighted by atomic mass is 16.5. The number of fused-ring (bicyclic) bond motifs is 3. The summed E-state index contributed by atoms with van der Waals surface area (Å²) in [6.07, 6.45) is 5.87. The SMILES string of the molecule is O=C(OCc1ccccc1)[C@H]1CCc2ccccc2N1C(=O)CCC1Cc2ccccc2C12CCNCC2. The quantitative estimate of drug-likeness (QED) is 0.456. The van der Waals surface area contributed by atoms with Gasteiger partial charge in [0, 0.05) is 17.5 Å². The van der Waals surface area contributed by atoms with E-state index in [1.54, 1.807) is 4.90 Å². The number of esters is 1. The van der Waals surface area contributed by atoms with Crippen LogP contribution in [-0.2, 0) is 39.2 Å². The summed E-state index contributed by atoms with van der Waals surface area (Å²) in [4.78, 5) is 29.0. The molecule has 1 aliphatic carbocycles. The summed E-state index contributed by atoms with van der Waals surface area (Å²) in [6, 6.07) is 26.0. The zero-order valence-electron chi connectivity index (χ0n) is 21.9. The number of ether oxygens (including phenoxy) is 1. The Morgan fingerprint density at radius 3 is 2.42 bits per heavy atom. The summed E-state index contributed by atoms with van der Waals surface area (Å²) >= 11 is 0. The van der Waals surface area contributed by atoms with Gasteiger partial charge in [-0.25, -0.2) is 4.79 Å². The number of hydrogen-bond donors (Lipinski definition) is 1. The van der Waals surface area contributed by atoms with Crippen molar-refractivity contribution in [3.05, 3.63) is 101 Å². The van der Waals surface area contributed by atoms with Gasteiger partial charge in [-0.15, -0.1) is 0 Å². The van der Waals surface area contributed by atoms with Crippen molar-refractivity contribution in [2.24, 2.45) is 5.92 Å². The predicted octanol–water partition coefficient (Wildman–Crippen LogP) is 5.35. The fourth-order valence-electron chi connectivity index (χ4n) is 7.11. The number of aryl methyl sites for hydroxylation is 1. The lowest BCUT2D eigenvalue weighted by molar-refractivity contribution is -0.148. The molecule has 38 heavy (non-hydrogen) atoms. The Labute approximate surface area is 225 Å². The van der Waals surface area contributed by atoms with E-state index in [2.05, 4.69) is 35.6 Å². The van der Waals surface area contributed by atoms with Gasteiger partial charge in [-0.3, -0.25) is 9.69 Å². The molecule has 2 atom stereocenters. The highest BCUT2D eigenvalue weighted by Crippen LogP contribution is 2.50. The van der Waals surface area contributed by atoms with Gasteiger partial charge in [0.05, 0.1) is 0 Å². The van der Waals surface area contributed by atoms with E-state index >= 15 is 0 Å². The fraction of sp³-hybridized carbons (Fsp3) is 0.394. The molecule has 0 aromatic heterocycles. The van der Waals surface area contributed by atoms with Gasteiger partial charge < -0.3 is 10.1 Å². The summed E-state index contributed by atoms with van der Waals surface area (Å²) in [5.41, 5.74) is 6.01. The minimum Gasteiger partial charge on any atom is -0.459 e. The number of nitrogens with one attached hydrogen (secondary N) is 1. The zero-order chi connectivity index (χ0) is 26.0. The van der Waals surface area contributed by atoms with E-state index in [0.29, 0.717) is 18.8 Å². The largest absolute Gasteiger partial charge is 0.459 e. The van der Waals surface area contributed by atoms with E-state index in [0.717, 1.165) is 62.0 Å². The van der Waals surface area contributed by atoms with E-state index in [4.69, 9.17) is 4.74 Å². The van der Waals surface area contributed by atoms with Crippen LogP contribution in [-0.4, -0.2) is 31.0 Å². The fourth-order valence-corrected chi connectivity index (χ4v) is 7.11. The molecule has 5 heteroatoms. The van der Waals surface area contributed by atoms with Gasteiger partial charge in [0.25, 0.3) is 0 Å². The van der Waals surface area contributed by atoms with Crippen LogP contribution in [0, 0.1) is 5.92 Å². The number of amides is 1. The molecule has 1 N–H and O–H groups in total. The maximum absolute atomic E-state index is 14.0. The first-order valence-corrected chi connectivity index (χ1v) is 14.1. The van der Waals surface area contributed by atoms with Crippen molar-refractivity contribution in [3.63, 3.8) is 0 Å².